The van der Waals surface area contributed by atoms with Gasteiger partial charge in [0, 0.05) is 19.2 Å². The molecule has 0 heterocycles. The topological polar surface area (TPSA) is 58.3 Å². The molecule has 0 rings (SSSR count). The highest BCUT2D eigenvalue weighted by atomic mass is 16.2. The molecule has 0 aliphatic carbocycles. The molecule has 0 aromatic rings. The highest BCUT2D eigenvalue weighted by Crippen LogP contribution is 2.09. The maximum absolute atomic E-state index is 8.70. The minimum Gasteiger partial charge on any atom is -0.396 e. The summed E-state index contributed by atoms with van der Waals surface area (Å²) in [7, 11) is 0. The molecule has 0 amide bonds. The molecule has 0 saturated carbocycles. The molecule has 0 aromatic heterocycles. The van der Waals surface area contributed by atoms with E-state index in [0.717, 1.165) is 32.4 Å². The molecule has 3 nitrogen and oxygen atoms in total. The van der Waals surface area contributed by atoms with Crippen molar-refractivity contribution < 1.29 is 5.11 Å². The molecule has 1 unspecified atom stereocenters. The van der Waals surface area contributed by atoms with E-state index >= 15 is 0 Å². The maximum atomic E-state index is 8.70. The molecule has 0 radical (unpaired) electrons. The minimum atomic E-state index is 0.318. The van der Waals surface area contributed by atoms with E-state index < -0.39 is 0 Å². The first-order valence-corrected chi connectivity index (χ1v) is 8.39. The molecular formula is C16H36N2O. The molecule has 0 spiro atoms. The normalized spacial score (nSPS) is 12.8. The van der Waals surface area contributed by atoms with Gasteiger partial charge >= 0.3 is 0 Å². The molecule has 0 aliphatic rings. The Morgan fingerprint density at radius 3 is 2.16 bits per heavy atom. The van der Waals surface area contributed by atoms with Crippen LogP contribution in [0, 0.1) is 0 Å². The second-order valence-corrected chi connectivity index (χ2v) is 5.58. The molecule has 0 aromatic carbocycles. The molecule has 116 valence electrons. The van der Waals surface area contributed by atoms with Crippen molar-refractivity contribution in [1.29, 1.82) is 0 Å². The highest BCUT2D eigenvalue weighted by Gasteiger charge is 2.04. The molecule has 0 fully saturated rings. The van der Waals surface area contributed by atoms with Crippen molar-refractivity contribution in [3.63, 3.8) is 0 Å². The van der Waals surface area contributed by atoms with Crippen molar-refractivity contribution in [2.24, 2.45) is 5.73 Å². The smallest absolute Gasteiger partial charge is 0.0431 e. The van der Waals surface area contributed by atoms with Gasteiger partial charge in [-0.25, -0.2) is 0 Å². The van der Waals surface area contributed by atoms with E-state index in [1.807, 2.05) is 0 Å². The van der Waals surface area contributed by atoms with Gasteiger partial charge in [-0.2, -0.15) is 0 Å². The quantitative estimate of drug-likeness (QED) is 0.401. The lowest BCUT2D eigenvalue weighted by molar-refractivity contribution is 0.282. The van der Waals surface area contributed by atoms with Crippen LogP contribution in [0.1, 0.15) is 77.6 Å². The maximum Gasteiger partial charge on any atom is 0.0431 e. The van der Waals surface area contributed by atoms with Crippen LogP contribution in [0.25, 0.3) is 0 Å². The first-order valence-electron chi connectivity index (χ1n) is 8.39. The molecule has 19 heavy (non-hydrogen) atoms. The van der Waals surface area contributed by atoms with Gasteiger partial charge in [-0.05, 0) is 32.2 Å². The molecular weight excluding hydrogens is 236 g/mol. The van der Waals surface area contributed by atoms with Crippen molar-refractivity contribution in [3.05, 3.63) is 0 Å². The van der Waals surface area contributed by atoms with Crippen LogP contribution in [0.15, 0.2) is 0 Å². The first kappa shape index (κ1) is 18.9. The van der Waals surface area contributed by atoms with Gasteiger partial charge in [-0.3, -0.25) is 0 Å². The zero-order valence-electron chi connectivity index (χ0n) is 13.0. The Labute approximate surface area is 120 Å². The van der Waals surface area contributed by atoms with Crippen LogP contribution in [0.5, 0.6) is 0 Å². The van der Waals surface area contributed by atoms with Crippen LogP contribution >= 0.6 is 0 Å². The van der Waals surface area contributed by atoms with Gasteiger partial charge in [-0.1, -0.05) is 51.9 Å². The predicted molar refractivity (Wildman–Crippen MR) is 84.4 cm³/mol. The third kappa shape index (κ3) is 14.1. The SMILES string of the molecule is CCCCCCCCCC(CN)NCCCCCO. The summed E-state index contributed by atoms with van der Waals surface area (Å²) in [6, 6.07) is 0.491. The summed E-state index contributed by atoms with van der Waals surface area (Å²) in [5.41, 5.74) is 5.79. The van der Waals surface area contributed by atoms with E-state index in [1.165, 1.54) is 51.4 Å². The minimum absolute atomic E-state index is 0.318. The standard InChI is InChI=1S/C16H36N2O/c1-2-3-4-5-6-7-9-12-16(15-17)18-13-10-8-11-14-19/h16,18-19H,2-15,17H2,1H3. The Hall–Kier alpha value is -0.120. The lowest BCUT2D eigenvalue weighted by Gasteiger charge is -2.16. The number of unbranched alkanes of at least 4 members (excludes halogenated alkanes) is 8. The third-order valence-corrected chi connectivity index (χ3v) is 3.71. The lowest BCUT2D eigenvalue weighted by atomic mass is 10.0. The van der Waals surface area contributed by atoms with E-state index in [-0.39, 0.29) is 0 Å². The second-order valence-electron chi connectivity index (χ2n) is 5.58. The zero-order chi connectivity index (χ0) is 14.2. The van der Waals surface area contributed by atoms with Gasteiger partial charge < -0.3 is 16.2 Å². The van der Waals surface area contributed by atoms with Crippen LogP contribution < -0.4 is 11.1 Å². The van der Waals surface area contributed by atoms with Gasteiger partial charge in [0.05, 0.1) is 0 Å². The van der Waals surface area contributed by atoms with Crippen LogP contribution in [0.4, 0.5) is 0 Å². The van der Waals surface area contributed by atoms with Crippen molar-refractivity contribution in [2.75, 3.05) is 19.7 Å². The molecule has 0 aliphatic heterocycles. The van der Waals surface area contributed by atoms with Crippen LogP contribution in [0.3, 0.4) is 0 Å². The largest absolute Gasteiger partial charge is 0.396 e. The van der Waals surface area contributed by atoms with Crippen LogP contribution in [-0.2, 0) is 0 Å². The number of hydrogen-bond acceptors (Lipinski definition) is 3. The van der Waals surface area contributed by atoms with Crippen molar-refractivity contribution in [2.45, 2.75) is 83.6 Å². The van der Waals surface area contributed by atoms with E-state index in [0.29, 0.717) is 12.6 Å². The van der Waals surface area contributed by atoms with Gasteiger partial charge in [0.25, 0.3) is 0 Å². The highest BCUT2D eigenvalue weighted by molar-refractivity contribution is 4.67. The lowest BCUT2D eigenvalue weighted by Crippen LogP contribution is -2.36. The fraction of sp³-hybridized carbons (Fsp3) is 1.00. The predicted octanol–water partition coefficient (Wildman–Crippen LogP) is 3.21. The molecule has 0 saturated heterocycles. The Kier molecular flexibility index (Phi) is 15.8. The van der Waals surface area contributed by atoms with Crippen LogP contribution in [0.2, 0.25) is 0 Å². The van der Waals surface area contributed by atoms with E-state index in [1.54, 1.807) is 0 Å². The first-order chi connectivity index (χ1) is 9.35. The average molecular weight is 272 g/mol. The van der Waals surface area contributed by atoms with Gasteiger partial charge in [0.2, 0.25) is 0 Å². The summed E-state index contributed by atoms with van der Waals surface area (Å²) in [4.78, 5) is 0. The Balaban J connectivity index is 3.29. The number of rotatable bonds is 15. The summed E-state index contributed by atoms with van der Waals surface area (Å²) in [5, 5.41) is 12.2. The molecule has 0 bridgehead atoms. The fourth-order valence-electron chi connectivity index (χ4n) is 2.37. The summed E-state index contributed by atoms with van der Waals surface area (Å²) in [5.74, 6) is 0. The zero-order valence-corrected chi connectivity index (χ0v) is 13.0. The fourth-order valence-corrected chi connectivity index (χ4v) is 2.37. The number of aliphatic hydroxyl groups is 1. The Bertz CT molecular complexity index is 165. The summed E-state index contributed by atoms with van der Waals surface area (Å²) >= 11 is 0. The van der Waals surface area contributed by atoms with Crippen molar-refractivity contribution >= 4 is 0 Å². The van der Waals surface area contributed by atoms with Crippen LogP contribution in [-0.4, -0.2) is 30.8 Å². The summed E-state index contributed by atoms with van der Waals surface area (Å²) in [6.45, 7) is 4.37. The number of nitrogens with two attached hydrogens (primary N) is 1. The number of aliphatic hydroxyl groups excluding tert-OH is 1. The van der Waals surface area contributed by atoms with Gasteiger partial charge in [-0.15, -0.1) is 0 Å². The molecule has 4 N–H and O–H groups in total. The van der Waals surface area contributed by atoms with E-state index in [9.17, 15) is 0 Å². The van der Waals surface area contributed by atoms with Crippen molar-refractivity contribution in [3.8, 4) is 0 Å². The third-order valence-electron chi connectivity index (χ3n) is 3.71. The van der Waals surface area contributed by atoms with Gasteiger partial charge in [0.1, 0.15) is 0 Å². The van der Waals surface area contributed by atoms with E-state index in [4.69, 9.17) is 10.8 Å². The number of nitrogens with one attached hydrogen (secondary N) is 1. The second kappa shape index (κ2) is 15.9. The van der Waals surface area contributed by atoms with E-state index in [2.05, 4.69) is 12.2 Å². The van der Waals surface area contributed by atoms with Crippen molar-refractivity contribution in [1.82, 2.24) is 5.32 Å². The number of hydrogen-bond donors (Lipinski definition) is 3. The van der Waals surface area contributed by atoms with Gasteiger partial charge in [0.15, 0.2) is 0 Å². The monoisotopic (exact) mass is 272 g/mol. The molecule has 1 atom stereocenters. The average Bonchev–Trinajstić information content (AvgIpc) is 2.44. The Morgan fingerprint density at radius 1 is 0.895 bits per heavy atom. The molecule has 3 heteroatoms. The Morgan fingerprint density at radius 2 is 1.53 bits per heavy atom. The summed E-state index contributed by atoms with van der Waals surface area (Å²) in [6.07, 6.45) is 14.0. The summed E-state index contributed by atoms with van der Waals surface area (Å²) < 4.78 is 0.